The van der Waals surface area contributed by atoms with Crippen molar-refractivity contribution in [3.8, 4) is 5.75 Å². The van der Waals surface area contributed by atoms with E-state index in [1.54, 1.807) is 6.07 Å². The van der Waals surface area contributed by atoms with Crippen LogP contribution in [0, 0.1) is 0 Å². The normalized spacial score (nSPS) is 12.6. The van der Waals surface area contributed by atoms with Crippen molar-refractivity contribution >= 4 is 27.5 Å². The van der Waals surface area contributed by atoms with Crippen LogP contribution in [-0.2, 0) is 0 Å². The van der Waals surface area contributed by atoms with Crippen LogP contribution >= 0.6 is 27.5 Å². The summed E-state index contributed by atoms with van der Waals surface area (Å²) in [5, 5.41) is 0.593. The summed E-state index contributed by atoms with van der Waals surface area (Å²) in [7, 11) is 0. The van der Waals surface area contributed by atoms with Gasteiger partial charge in [-0.3, -0.25) is 0 Å². The SMILES string of the molecule is CC(N)COc1ccc(Br)cc1Cl. The summed E-state index contributed by atoms with van der Waals surface area (Å²) in [5.74, 6) is 0.669. The lowest BCUT2D eigenvalue weighted by atomic mass is 10.3. The lowest BCUT2D eigenvalue weighted by molar-refractivity contribution is 0.296. The van der Waals surface area contributed by atoms with Gasteiger partial charge in [0.1, 0.15) is 12.4 Å². The van der Waals surface area contributed by atoms with E-state index < -0.39 is 0 Å². The van der Waals surface area contributed by atoms with Gasteiger partial charge in [0, 0.05) is 10.5 Å². The number of hydrogen-bond donors (Lipinski definition) is 1. The molecule has 2 N–H and O–H groups in total. The van der Waals surface area contributed by atoms with Crippen molar-refractivity contribution in [2.75, 3.05) is 6.61 Å². The van der Waals surface area contributed by atoms with Gasteiger partial charge >= 0.3 is 0 Å². The summed E-state index contributed by atoms with van der Waals surface area (Å²) in [6.45, 7) is 2.36. The Kier molecular flexibility index (Phi) is 4.03. The van der Waals surface area contributed by atoms with E-state index in [0.717, 1.165) is 4.47 Å². The van der Waals surface area contributed by atoms with Crippen molar-refractivity contribution in [3.63, 3.8) is 0 Å². The number of rotatable bonds is 3. The number of benzene rings is 1. The fourth-order valence-corrected chi connectivity index (χ4v) is 1.54. The molecule has 1 aromatic rings. The van der Waals surface area contributed by atoms with Crippen LogP contribution in [0.2, 0.25) is 5.02 Å². The lowest BCUT2D eigenvalue weighted by Crippen LogP contribution is -2.23. The van der Waals surface area contributed by atoms with Crippen molar-refractivity contribution in [1.82, 2.24) is 0 Å². The topological polar surface area (TPSA) is 35.2 Å². The summed E-state index contributed by atoms with van der Waals surface area (Å²) in [5.41, 5.74) is 5.54. The van der Waals surface area contributed by atoms with Gasteiger partial charge in [-0.05, 0) is 25.1 Å². The van der Waals surface area contributed by atoms with Crippen molar-refractivity contribution in [2.24, 2.45) is 5.73 Å². The third kappa shape index (κ3) is 3.55. The zero-order valence-electron chi connectivity index (χ0n) is 7.26. The number of ether oxygens (including phenoxy) is 1. The Bertz CT molecular complexity index is 291. The van der Waals surface area contributed by atoms with Gasteiger partial charge in [0.25, 0.3) is 0 Å². The van der Waals surface area contributed by atoms with Crippen molar-refractivity contribution in [1.29, 1.82) is 0 Å². The molecule has 1 unspecified atom stereocenters. The Hall–Kier alpha value is -0.250. The van der Waals surface area contributed by atoms with E-state index in [0.29, 0.717) is 17.4 Å². The molecule has 1 atom stereocenters. The van der Waals surface area contributed by atoms with E-state index >= 15 is 0 Å². The molecule has 4 heteroatoms. The molecule has 0 aromatic heterocycles. The van der Waals surface area contributed by atoms with E-state index in [9.17, 15) is 0 Å². The van der Waals surface area contributed by atoms with Crippen LogP contribution in [0.15, 0.2) is 22.7 Å². The number of nitrogens with two attached hydrogens (primary N) is 1. The van der Waals surface area contributed by atoms with E-state index in [-0.39, 0.29) is 6.04 Å². The van der Waals surface area contributed by atoms with Gasteiger partial charge in [-0.2, -0.15) is 0 Å². The summed E-state index contributed by atoms with van der Waals surface area (Å²) in [6, 6.07) is 5.50. The van der Waals surface area contributed by atoms with Crippen molar-refractivity contribution < 1.29 is 4.74 Å². The highest BCUT2D eigenvalue weighted by Crippen LogP contribution is 2.27. The fraction of sp³-hybridized carbons (Fsp3) is 0.333. The monoisotopic (exact) mass is 263 g/mol. The first-order chi connectivity index (χ1) is 6.09. The van der Waals surface area contributed by atoms with Crippen molar-refractivity contribution in [3.05, 3.63) is 27.7 Å². The second-order valence-electron chi connectivity index (χ2n) is 2.86. The molecule has 72 valence electrons. The molecule has 0 heterocycles. The molecule has 0 saturated carbocycles. The first-order valence-corrected chi connectivity index (χ1v) is 5.10. The van der Waals surface area contributed by atoms with E-state index in [2.05, 4.69) is 15.9 Å². The lowest BCUT2D eigenvalue weighted by Gasteiger charge is -2.09. The number of halogens is 2. The molecular weight excluding hydrogens is 253 g/mol. The maximum Gasteiger partial charge on any atom is 0.138 e. The Morgan fingerprint density at radius 1 is 1.62 bits per heavy atom. The summed E-state index contributed by atoms with van der Waals surface area (Å²) < 4.78 is 6.31. The van der Waals surface area contributed by atoms with Crippen LogP contribution in [0.1, 0.15) is 6.92 Å². The highest BCUT2D eigenvalue weighted by atomic mass is 79.9. The van der Waals surface area contributed by atoms with E-state index in [1.807, 2.05) is 19.1 Å². The molecule has 1 aromatic carbocycles. The van der Waals surface area contributed by atoms with Crippen LogP contribution in [0.5, 0.6) is 5.75 Å². The first-order valence-electron chi connectivity index (χ1n) is 3.93. The Labute approximate surface area is 91.2 Å². The molecule has 0 fully saturated rings. The predicted molar refractivity (Wildman–Crippen MR) is 58.3 cm³/mol. The number of hydrogen-bond acceptors (Lipinski definition) is 2. The van der Waals surface area contributed by atoms with Gasteiger partial charge in [0.05, 0.1) is 5.02 Å². The molecule has 0 aliphatic rings. The molecule has 13 heavy (non-hydrogen) atoms. The average molecular weight is 265 g/mol. The molecule has 2 nitrogen and oxygen atoms in total. The molecule has 0 saturated heterocycles. The maximum atomic E-state index is 5.92. The van der Waals surface area contributed by atoms with Crippen LogP contribution < -0.4 is 10.5 Å². The van der Waals surface area contributed by atoms with Gasteiger partial charge in [-0.25, -0.2) is 0 Å². The van der Waals surface area contributed by atoms with Gasteiger partial charge in [0.15, 0.2) is 0 Å². The quantitative estimate of drug-likeness (QED) is 0.911. The Morgan fingerprint density at radius 3 is 2.85 bits per heavy atom. The second kappa shape index (κ2) is 4.84. The van der Waals surface area contributed by atoms with E-state index in [1.165, 1.54) is 0 Å². The Morgan fingerprint density at radius 2 is 2.31 bits per heavy atom. The van der Waals surface area contributed by atoms with Gasteiger partial charge in [-0.15, -0.1) is 0 Å². The molecule has 0 aliphatic heterocycles. The minimum absolute atomic E-state index is 0.0136. The molecule has 0 radical (unpaired) electrons. The Balaban J connectivity index is 2.67. The first kappa shape index (κ1) is 10.8. The third-order valence-corrected chi connectivity index (χ3v) is 2.18. The highest BCUT2D eigenvalue weighted by Gasteiger charge is 2.02. The highest BCUT2D eigenvalue weighted by molar-refractivity contribution is 9.10. The maximum absolute atomic E-state index is 5.92. The van der Waals surface area contributed by atoms with Crippen molar-refractivity contribution in [2.45, 2.75) is 13.0 Å². The predicted octanol–water partition coefficient (Wildman–Crippen LogP) is 2.83. The smallest absolute Gasteiger partial charge is 0.138 e. The zero-order chi connectivity index (χ0) is 9.84. The summed E-state index contributed by atoms with van der Waals surface area (Å²) >= 11 is 9.23. The standard InChI is InChI=1S/C9H11BrClNO/c1-6(12)5-13-9-3-2-7(10)4-8(9)11/h2-4,6H,5,12H2,1H3. The molecular formula is C9H11BrClNO. The van der Waals surface area contributed by atoms with E-state index in [4.69, 9.17) is 22.1 Å². The zero-order valence-corrected chi connectivity index (χ0v) is 9.60. The third-order valence-electron chi connectivity index (χ3n) is 1.40. The van der Waals surface area contributed by atoms with Crippen LogP contribution in [-0.4, -0.2) is 12.6 Å². The second-order valence-corrected chi connectivity index (χ2v) is 4.19. The fourth-order valence-electron chi connectivity index (χ4n) is 0.813. The van der Waals surface area contributed by atoms with Crippen LogP contribution in [0.25, 0.3) is 0 Å². The molecule has 0 aliphatic carbocycles. The summed E-state index contributed by atoms with van der Waals surface area (Å²) in [6.07, 6.45) is 0. The average Bonchev–Trinajstić information content (AvgIpc) is 2.02. The molecule has 0 bridgehead atoms. The largest absolute Gasteiger partial charge is 0.490 e. The molecule has 0 amide bonds. The minimum Gasteiger partial charge on any atom is -0.490 e. The molecule has 1 rings (SSSR count). The summed E-state index contributed by atoms with van der Waals surface area (Å²) in [4.78, 5) is 0. The van der Waals surface area contributed by atoms with Crippen LogP contribution in [0.3, 0.4) is 0 Å². The van der Waals surface area contributed by atoms with Gasteiger partial charge in [-0.1, -0.05) is 27.5 Å². The van der Waals surface area contributed by atoms with Gasteiger partial charge < -0.3 is 10.5 Å². The van der Waals surface area contributed by atoms with Crippen LogP contribution in [0.4, 0.5) is 0 Å². The minimum atomic E-state index is 0.0136. The van der Waals surface area contributed by atoms with Gasteiger partial charge in [0.2, 0.25) is 0 Å². The molecule has 0 spiro atoms.